The van der Waals surface area contributed by atoms with E-state index in [4.69, 9.17) is 4.74 Å². The van der Waals surface area contributed by atoms with E-state index in [1.54, 1.807) is 18.4 Å². The normalized spacial score (nSPS) is 15.8. The summed E-state index contributed by atoms with van der Waals surface area (Å²) in [6.07, 6.45) is 3.64. The van der Waals surface area contributed by atoms with Crippen molar-refractivity contribution in [2.75, 3.05) is 32.3 Å². The highest BCUT2D eigenvalue weighted by atomic mass is 32.1. The summed E-state index contributed by atoms with van der Waals surface area (Å²) in [4.78, 5) is 18.2. The summed E-state index contributed by atoms with van der Waals surface area (Å²) >= 11 is 1.65. The molecule has 118 valence electrons. The Labute approximate surface area is 130 Å². The number of thiazole rings is 1. The minimum atomic E-state index is -0.188. The van der Waals surface area contributed by atoms with E-state index in [1.807, 2.05) is 5.38 Å². The quantitative estimate of drug-likeness (QED) is 0.656. The zero-order valence-electron chi connectivity index (χ0n) is 13.0. The van der Waals surface area contributed by atoms with Crippen molar-refractivity contribution >= 4 is 22.4 Å². The van der Waals surface area contributed by atoms with Gasteiger partial charge in [-0.1, -0.05) is 0 Å². The summed E-state index contributed by atoms with van der Waals surface area (Å²) in [7, 11) is 3.14. The number of nitrogens with zero attached hydrogens (tertiary/aromatic N) is 2. The van der Waals surface area contributed by atoms with Crippen LogP contribution in [0.5, 0.6) is 0 Å². The fraction of sp³-hybridized carbons (Fsp3) is 0.733. The molecule has 0 aromatic carbocycles. The number of esters is 1. The summed E-state index contributed by atoms with van der Waals surface area (Å²) in [5.41, 5.74) is 0.964. The third kappa shape index (κ3) is 4.68. The first kappa shape index (κ1) is 16.2. The lowest BCUT2D eigenvalue weighted by Gasteiger charge is -2.28. The molecule has 0 amide bonds. The Morgan fingerprint density at radius 2 is 2.29 bits per heavy atom. The van der Waals surface area contributed by atoms with E-state index in [0.29, 0.717) is 25.5 Å². The van der Waals surface area contributed by atoms with Gasteiger partial charge in [0.15, 0.2) is 5.13 Å². The fourth-order valence-corrected chi connectivity index (χ4v) is 3.35. The molecule has 5 nitrogen and oxygen atoms in total. The Kier molecular flexibility index (Phi) is 5.99. The summed E-state index contributed by atoms with van der Waals surface area (Å²) < 4.78 is 9.89. The van der Waals surface area contributed by atoms with Crippen molar-refractivity contribution in [2.24, 2.45) is 5.92 Å². The highest BCUT2D eigenvalue weighted by Crippen LogP contribution is 2.37. The Morgan fingerprint density at radius 1 is 1.52 bits per heavy atom. The topological polar surface area (TPSA) is 51.7 Å². The number of methoxy groups -OCH3 is 2. The predicted octanol–water partition coefficient (Wildman–Crippen LogP) is 2.50. The van der Waals surface area contributed by atoms with E-state index >= 15 is 0 Å². The largest absolute Gasteiger partial charge is 0.469 e. The van der Waals surface area contributed by atoms with Gasteiger partial charge in [0.2, 0.25) is 0 Å². The predicted molar refractivity (Wildman–Crippen MR) is 83.9 cm³/mol. The third-order valence-electron chi connectivity index (χ3n) is 3.93. The van der Waals surface area contributed by atoms with Crippen LogP contribution in [0.15, 0.2) is 5.38 Å². The van der Waals surface area contributed by atoms with Crippen molar-refractivity contribution in [3.63, 3.8) is 0 Å². The SMILES string of the molecule is COCCN(c1nc(CCC(=O)OC)cs1)C(C)C1CC1. The van der Waals surface area contributed by atoms with Crippen LogP contribution in [0.1, 0.15) is 31.9 Å². The molecule has 0 spiro atoms. The maximum atomic E-state index is 11.2. The van der Waals surface area contributed by atoms with E-state index in [0.717, 1.165) is 23.3 Å². The summed E-state index contributed by atoms with van der Waals surface area (Å²) in [6, 6.07) is 0.500. The van der Waals surface area contributed by atoms with Crippen LogP contribution in [0.4, 0.5) is 5.13 Å². The lowest BCUT2D eigenvalue weighted by atomic mass is 10.2. The molecule has 0 N–H and O–H groups in total. The fourth-order valence-electron chi connectivity index (χ4n) is 2.37. The van der Waals surface area contributed by atoms with Crippen molar-refractivity contribution in [1.82, 2.24) is 4.98 Å². The maximum absolute atomic E-state index is 11.2. The number of carbonyl (C=O) groups excluding carboxylic acids is 1. The molecule has 0 bridgehead atoms. The van der Waals surface area contributed by atoms with E-state index in [-0.39, 0.29) is 5.97 Å². The van der Waals surface area contributed by atoms with Gasteiger partial charge in [0, 0.05) is 31.5 Å². The molecule has 1 unspecified atom stereocenters. The average molecular weight is 312 g/mol. The Bertz CT molecular complexity index is 460. The molecule has 1 aliphatic carbocycles. The van der Waals surface area contributed by atoms with Crippen LogP contribution in [0, 0.1) is 5.92 Å². The average Bonchev–Trinajstić information content (AvgIpc) is 3.25. The second kappa shape index (κ2) is 7.75. The van der Waals surface area contributed by atoms with Crippen LogP contribution in [0.3, 0.4) is 0 Å². The van der Waals surface area contributed by atoms with Gasteiger partial charge in [-0.25, -0.2) is 4.98 Å². The number of aromatic nitrogens is 1. The minimum Gasteiger partial charge on any atom is -0.469 e. The van der Waals surface area contributed by atoms with Crippen LogP contribution in [0.2, 0.25) is 0 Å². The third-order valence-corrected chi connectivity index (χ3v) is 4.86. The van der Waals surface area contributed by atoms with E-state index in [9.17, 15) is 4.79 Å². The molecule has 2 rings (SSSR count). The van der Waals surface area contributed by atoms with Crippen molar-refractivity contribution in [3.05, 3.63) is 11.1 Å². The van der Waals surface area contributed by atoms with Gasteiger partial charge >= 0.3 is 5.97 Å². The van der Waals surface area contributed by atoms with E-state index in [2.05, 4.69) is 21.5 Å². The molecule has 1 fully saturated rings. The van der Waals surface area contributed by atoms with Gasteiger partial charge in [-0.15, -0.1) is 11.3 Å². The lowest BCUT2D eigenvalue weighted by Crippen LogP contribution is -2.37. The monoisotopic (exact) mass is 312 g/mol. The number of ether oxygens (including phenoxy) is 2. The summed E-state index contributed by atoms with van der Waals surface area (Å²) in [5.74, 6) is 0.594. The molecule has 1 heterocycles. The van der Waals surface area contributed by atoms with Gasteiger partial charge in [0.1, 0.15) is 0 Å². The molecular formula is C15H24N2O3S. The van der Waals surface area contributed by atoms with Crippen LogP contribution >= 0.6 is 11.3 Å². The zero-order valence-corrected chi connectivity index (χ0v) is 13.8. The molecule has 1 aliphatic rings. The molecule has 1 aromatic rings. The van der Waals surface area contributed by atoms with Crippen LogP contribution in [-0.2, 0) is 20.7 Å². The van der Waals surface area contributed by atoms with Crippen molar-refractivity contribution in [2.45, 2.75) is 38.6 Å². The highest BCUT2D eigenvalue weighted by Gasteiger charge is 2.33. The number of hydrogen-bond acceptors (Lipinski definition) is 6. The minimum absolute atomic E-state index is 0.188. The highest BCUT2D eigenvalue weighted by molar-refractivity contribution is 7.13. The first-order chi connectivity index (χ1) is 10.2. The first-order valence-corrected chi connectivity index (χ1v) is 8.30. The molecule has 1 atom stereocenters. The molecule has 1 saturated carbocycles. The van der Waals surface area contributed by atoms with E-state index in [1.165, 1.54) is 20.0 Å². The zero-order chi connectivity index (χ0) is 15.2. The molecular weight excluding hydrogens is 288 g/mol. The number of carbonyl (C=O) groups is 1. The van der Waals surface area contributed by atoms with Crippen LogP contribution < -0.4 is 4.90 Å². The lowest BCUT2D eigenvalue weighted by molar-refractivity contribution is -0.140. The Balaban J connectivity index is 1.98. The number of rotatable bonds is 9. The molecule has 0 saturated heterocycles. The number of aryl methyl sites for hydroxylation is 1. The summed E-state index contributed by atoms with van der Waals surface area (Å²) in [6.45, 7) is 3.83. The van der Waals surface area contributed by atoms with Crippen LogP contribution in [-0.4, -0.2) is 44.4 Å². The second-order valence-electron chi connectivity index (χ2n) is 5.46. The standard InChI is InChI=1S/C15H24N2O3S/c1-11(12-4-5-12)17(8-9-19-2)15-16-13(10-21-15)6-7-14(18)20-3/h10-12H,4-9H2,1-3H3. The van der Waals surface area contributed by atoms with Gasteiger partial charge < -0.3 is 14.4 Å². The Morgan fingerprint density at radius 3 is 2.90 bits per heavy atom. The molecule has 0 aliphatic heterocycles. The van der Waals surface area contributed by atoms with Gasteiger partial charge in [0.25, 0.3) is 0 Å². The van der Waals surface area contributed by atoms with Crippen molar-refractivity contribution in [3.8, 4) is 0 Å². The Hall–Kier alpha value is -1.14. The van der Waals surface area contributed by atoms with Crippen molar-refractivity contribution < 1.29 is 14.3 Å². The maximum Gasteiger partial charge on any atom is 0.305 e. The summed E-state index contributed by atoms with van der Waals surface area (Å²) in [5, 5.41) is 3.07. The molecule has 6 heteroatoms. The molecule has 21 heavy (non-hydrogen) atoms. The van der Waals surface area contributed by atoms with Gasteiger partial charge in [-0.05, 0) is 25.7 Å². The molecule has 1 aromatic heterocycles. The second-order valence-corrected chi connectivity index (χ2v) is 6.30. The molecule has 0 radical (unpaired) electrons. The first-order valence-electron chi connectivity index (χ1n) is 7.42. The number of anilines is 1. The van der Waals surface area contributed by atoms with Gasteiger partial charge in [0.05, 0.1) is 25.8 Å². The van der Waals surface area contributed by atoms with Gasteiger partial charge in [-0.2, -0.15) is 0 Å². The van der Waals surface area contributed by atoms with Crippen molar-refractivity contribution in [1.29, 1.82) is 0 Å². The number of hydrogen-bond donors (Lipinski definition) is 0. The smallest absolute Gasteiger partial charge is 0.305 e. The van der Waals surface area contributed by atoms with Gasteiger partial charge in [-0.3, -0.25) is 4.79 Å². The van der Waals surface area contributed by atoms with E-state index < -0.39 is 0 Å². The van der Waals surface area contributed by atoms with Crippen LogP contribution in [0.25, 0.3) is 0 Å².